The molecule has 0 atom stereocenters. The molecular weight excluding hydrogens is 260 g/mol. The van der Waals surface area contributed by atoms with Crippen LogP contribution in [0.4, 0.5) is 0 Å². The van der Waals surface area contributed by atoms with Crippen LogP contribution in [-0.2, 0) is 0 Å². The molecule has 0 aliphatic heterocycles. The zero-order valence-corrected chi connectivity index (χ0v) is 10.7. The standard InChI is InChI=1S/C6H7ClN4S3/c1-13-11(14-2)5(12)4-8-3-9-6(7)10-4/h3H,1-2H3. The summed E-state index contributed by atoms with van der Waals surface area (Å²) < 4.78 is 1.82. The summed E-state index contributed by atoms with van der Waals surface area (Å²) in [6.07, 6.45) is 5.19. The molecule has 0 fully saturated rings. The summed E-state index contributed by atoms with van der Waals surface area (Å²) >= 11 is 13.8. The Bertz CT molecular complexity index is 331. The highest BCUT2D eigenvalue weighted by Gasteiger charge is 2.13. The van der Waals surface area contributed by atoms with E-state index in [1.807, 2.05) is 16.2 Å². The number of aromatic nitrogens is 3. The van der Waals surface area contributed by atoms with Gasteiger partial charge in [-0.25, -0.2) is 13.7 Å². The van der Waals surface area contributed by atoms with Crippen LogP contribution in [-0.4, -0.2) is 36.2 Å². The molecule has 0 N–H and O–H groups in total. The highest BCUT2D eigenvalue weighted by atomic mass is 35.5. The summed E-state index contributed by atoms with van der Waals surface area (Å²) in [5.41, 5.74) is 0. The molecule has 0 bridgehead atoms. The Morgan fingerprint density at radius 2 is 2.07 bits per heavy atom. The van der Waals surface area contributed by atoms with Gasteiger partial charge in [-0.05, 0) is 35.5 Å². The molecule has 0 aliphatic rings. The van der Waals surface area contributed by atoms with Crippen LogP contribution < -0.4 is 0 Å². The second-order valence-electron chi connectivity index (χ2n) is 2.01. The van der Waals surface area contributed by atoms with E-state index < -0.39 is 0 Å². The van der Waals surface area contributed by atoms with Gasteiger partial charge in [-0.3, -0.25) is 0 Å². The molecule has 0 unspecified atom stereocenters. The summed E-state index contributed by atoms with van der Waals surface area (Å²) in [6.45, 7) is 0. The van der Waals surface area contributed by atoms with Gasteiger partial charge in [-0.2, -0.15) is 4.98 Å². The Kier molecular flexibility index (Phi) is 4.86. The summed E-state index contributed by atoms with van der Waals surface area (Å²) in [6, 6.07) is 0. The van der Waals surface area contributed by atoms with Crippen molar-refractivity contribution in [2.75, 3.05) is 12.5 Å². The van der Waals surface area contributed by atoms with Crippen LogP contribution in [0, 0.1) is 0 Å². The summed E-state index contributed by atoms with van der Waals surface area (Å²) in [5, 5.41) is 0.152. The molecule has 0 aliphatic carbocycles. The van der Waals surface area contributed by atoms with Crippen LogP contribution in [0.2, 0.25) is 5.28 Å². The molecule has 0 aromatic carbocycles. The van der Waals surface area contributed by atoms with Gasteiger partial charge in [0.15, 0.2) is 10.8 Å². The van der Waals surface area contributed by atoms with E-state index in [1.165, 1.54) is 30.2 Å². The van der Waals surface area contributed by atoms with Crippen LogP contribution in [0.5, 0.6) is 0 Å². The third kappa shape index (κ3) is 2.94. The fraction of sp³-hybridized carbons (Fsp3) is 0.333. The van der Waals surface area contributed by atoms with Crippen molar-refractivity contribution in [2.24, 2.45) is 0 Å². The van der Waals surface area contributed by atoms with Crippen LogP contribution in [0.1, 0.15) is 5.82 Å². The van der Waals surface area contributed by atoms with Gasteiger partial charge in [0.2, 0.25) is 5.28 Å². The van der Waals surface area contributed by atoms with Gasteiger partial charge in [-0.1, -0.05) is 12.2 Å². The lowest BCUT2D eigenvalue weighted by Crippen LogP contribution is -2.18. The Balaban J connectivity index is 2.88. The van der Waals surface area contributed by atoms with Crippen molar-refractivity contribution < 1.29 is 0 Å². The number of hydrogen-bond donors (Lipinski definition) is 0. The first kappa shape index (κ1) is 12.0. The van der Waals surface area contributed by atoms with Gasteiger partial charge in [0, 0.05) is 12.5 Å². The molecule has 76 valence electrons. The Labute approximate surface area is 101 Å². The molecule has 8 heteroatoms. The number of rotatable bonds is 3. The third-order valence-electron chi connectivity index (χ3n) is 1.23. The molecule has 0 saturated heterocycles. The molecule has 1 rings (SSSR count). The minimum atomic E-state index is 0.152. The first-order valence-corrected chi connectivity index (χ1v) is 6.61. The number of thiocarbonyl (C=S) groups is 1. The molecule has 0 radical (unpaired) electrons. The maximum atomic E-state index is 5.63. The second-order valence-corrected chi connectivity index (χ2v) is 4.42. The molecule has 4 nitrogen and oxygen atoms in total. The zero-order chi connectivity index (χ0) is 10.6. The fourth-order valence-electron chi connectivity index (χ4n) is 0.701. The molecule has 1 heterocycles. The van der Waals surface area contributed by atoms with Gasteiger partial charge in [0.1, 0.15) is 6.33 Å². The molecule has 0 saturated carbocycles. The average Bonchev–Trinajstić information content (AvgIpc) is 2.19. The Morgan fingerprint density at radius 1 is 1.43 bits per heavy atom. The van der Waals surface area contributed by atoms with Gasteiger partial charge >= 0.3 is 0 Å². The molecular formula is C6H7ClN4S3. The number of halogens is 1. The van der Waals surface area contributed by atoms with E-state index in [-0.39, 0.29) is 5.28 Å². The van der Waals surface area contributed by atoms with Gasteiger partial charge in [-0.15, -0.1) is 0 Å². The summed E-state index contributed by atoms with van der Waals surface area (Å²) in [5.74, 6) is 0.420. The van der Waals surface area contributed by atoms with Gasteiger partial charge in [0.05, 0.1) is 0 Å². The maximum absolute atomic E-state index is 5.63. The lowest BCUT2D eigenvalue weighted by molar-refractivity contribution is 1.00. The highest BCUT2D eigenvalue weighted by molar-refractivity contribution is 8.13. The lowest BCUT2D eigenvalue weighted by Gasteiger charge is -2.16. The van der Waals surface area contributed by atoms with E-state index in [2.05, 4.69) is 15.0 Å². The lowest BCUT2D eigenvalue weighted by atomic mass is 10.6. The van der Waals surface area contributed by atoms with E-state index in [9.17, 15) is 0 Å². The van der Waals surface area contributed by atoms with Crippen LogP contribution in [0.3, 0.4) is 0 Å². The fourth-order valence-corrected chi connectivity index (χ4v) is 2.46. The first-order valence-electron chi connectivity index (χ1n) is 3.46. The van der Waals surface area contributed by atoms with E-state index in [1.54, 1.807) is 0 Å². The molecule has 0 amide bonds. The minimum Gasteiger partial charge on any atom is -0.245 e. The first-order chi connectivity index (χ1) is 6.69. The second kappa shape index (κ2) is 5.69. The Hall–Kier alpha value is -0.110. The zero-order valence-electron chi connectivity index (χ0n) is 7.47. The maximum Gasteiger partial charge on any atom is 0.225 e. The SMILES string of the molecule is CSN(SC)C(=S)c1ncnc(Cl)n1. The minimum absolute atomic E-state index is 0.152. The Morgan fingerprint density at radius 3 is 2.57 bits per heavy atom. The third-order valence-corrected chi connectivity index (χ3v) is 3.93. The predicted octanol–water partition coefficient (Wildman–Crippen LogP) is 2.06. The van der Waals surface area contributed by atoms with Crippen molar-refractivity contribution in [3.63, 3.8) is 0 Å². The average molecular weight is 267 g/mol. The van der Waals surface area contributed by atoms with E-state index >= 15 is 0 Å². The van der Waals surface area contributed by atoms with Crippen LogP contribution in [0.15, 0.2) is 6.33 Å². The van der Waals surface area contributed by atoms with Crippen molar-refractivity contribution in [1.29, 1.82) is 0 Å². The smallest absolute Gasteiger partial charge is 0.225 e. The van der Waals surface area contributed by atoms with Crippen LogP contribution >= 0.6 is 47.7 Å². The van der Waals surface area contributed by atoms with Crippen molar-refractivity contribution in [2.45, 2.75) is 0 Å². The summed E-state index contributed by atoms with van der Waals surface area (Å²) in [7, 11) is 0. The highest BCUT2D eigenvalue weighted by Crippen LogP contribution is 2.19. The monoisotopic (exact) mass is 266 g/mol. The van der Waals surface area contributed by atoms with E-state index in [4.69, 9.17) is 23.8 Å². The molecule has 0 spiro atoms. The van der Waals surface area contributed by atoms with Crippen molar-refractivity contribution >= 4 is 52.7 Å². The van der Waals surface area contributed by atoms with E-state index in [0.717, 1.165) is 0 Å². The van der Waals surface area contributed by atoms with Crippen molar-refractivity contribution in [3.05, 3.63) is 17.4 Å². The number of nitrogens with zero attached hydrogens (tertiary/aromatic N) is 4. The predicted molar refractivity (Wildman–Crippen MR) is 65.4 cm³/mol. The molecule has 14 heavy (non-hydrogen) atoms. The van der Waals surface area contributed by atoms with Gasteiger partial charge in [0.25, 0.3) is 0 Å². The van der Waals surface area contributed by atoms with Crippen LogP contribution in [0.25, 0.3) is 0 Å². The van der Waals surface area contributed by atoms with E-state index in [0.29, 0.717) is 10.8 Å². The topological polar surface area (TPSA) is 41.9 Å². The largest absolute Gasteiger partial charge is 0.245 e. The normalized spacial score (nSPS) is 9.93. The molecule has 1 aromatic heterocycles. The number of hydrogen-bond acceptors (Lipinski definition) is 6. The van der Waals surface area contributed by atoms with Gasteiger partial charge < -0.3 is 0 Å². The van der Waals surface area contributed by atoms with Crippen molar-refractivity contribution in [3.8, 4) is 0 Å². The quantitative estimate of drug-likeness (QED) is 0.613. The molecule has 1 aromatic rings. The summed E-state index contributed by atoms with van der Waals surface area (Å²) in [4.78, 5) is 12.1. The van der Waals surface area contributed by atoms with Crippen molar-refractivity contribution in [1.82, 2.24) is 18.7 Å².